The second-order valence-electron chi connectivity index (χ2n) is 8.25. The number of carbonyl (C=O) groups is 1. The van der Waals surface area contributed by atoms with Gasteiger partial charge in [0.05, 0.1) is 11.4 Å². The molecule has 0 aromatic heterocycles. The number of aliphatic imine (C=N–C) groups is 1. The molecule has 0 radical (unpaired) electrons. The van der Waals surface area contributed by atoms with Gasteiger partial charge in [0.2, 0.25) is 5.91 Å². The number of amidine groups is 1. The largest absolute Gasteiger partial charge is 0.351 e. The van der Waals surface area contributed by atoms with Gasteiger partial charge >= 0.3 is 0 Å². The van der Waals surface area contributed by atoms with Crippen LogP contribution >= 0.6 is 11.8 Å². The van der Waals surface area contributed by atoms with Gasteiger partial charge in [-0.1, -0.05) is 75.2 Å². The van der Waals surface area contributed by atoms with Crippen LogP contribution in [-0.2, 0) is 4.79 Å². The van der Waals surface area contributed by atoms with Gasteiger partial charge in [-0.3, -0.25) is 4.79 Å². The first-order valence-electron chi connectivity index (χ1n) is 10.9. The van der Waals surface area contributed by atoms with Gasteiger partial charge in [0.1, 0.15) is 0 Å². The van der Waals surface area contributed by atoms with Crippen molar-refractivity contribution in [1.29, 1.82) is 0 Å². The average molecular weight is 424 g/mol. The Morgan fingerprint density at radius 3 is 2.37 bits per heavy atom. The van der Waals surface area contributed by atoms with Crippen molar-refractivity contribution in [2.24, 2.45) is 4.99 Å². The summed E-state index contributed by atoms with van der Waals surface area (Å²) in [6, 6.07) is 18.6. The number of nitrogens with zero attached hydrogens (tertiary/aromatic N) is 2. The van der Waals surface area contributed by atoms with E-state index < -0.39 is 0 Å². The molecule has 1 saturated carbocycles. The summed E-state index contributed by atoms with van der Waals surface area (Å²) in [6.07, 6.45) is 6.25. The van der Waals surface area contributed by atoms with E-state index in [4.69, 9.17) is 4.99 Å². The van der Waals surface area contributed by atoms with Crippen LogP contribution in [0.25, 0.3) is 0 Å². The Labute approximate surface area is 185 Å². The minimum Gasteiger partial charge on any atom is -0.351 e. The fourth-order valence-electron chi connectivity index (χ4n) is 3.73. The third-order valence-electron chi connectivity index (χ3n) is 5.60. The molecule has 0 unspecified atom stereocenters. The van der Waals surface area contributed by atoms with Crippen molar-refractivity contribution in [3.63, 3.8) is 0 Å². The Bertz CT molecular complexity index is 827. The van der Waals surface area contributed by atoms with Gasteiger partial charge in [-0.25, -0.2) is 4.99 Å². The third-order valence-corrected chi connectivity index (χ3v) is 6.64. The van der Waals surface area contributed by atoms with Crippen LogP contribution in [0.3, 0.4) is 0 Å². The average Bonchev–Trinajstić information content (AvgIpc) is 2.78. The first kappa shape index (κ1) is 22.4. The Morgan fingerprint density at radius 2 is 1.73 bits per heavy atom. The highest BCUT2D eigenvalue weighted by atomic mass is 32.2. The topological polar surface area (TPSA) is 44.7 Å². The number of nitrogens with one attached hydrogen (secondary N) is 1. The molecule has 1 N–H and O–H groups in total. The van der Waals surface area contributed by atoms with Crippen molar-refractivity contribution >= 4 is 34.2 Å². The number of thioether (sulfide) groups is 1. The number of anilines is 1. The van der Waals surface area contributed by atoms with E-state index in [0.717, 1.165) is 16.5 Å². The van der Waals surface area contributed by atoms with E-state index in [9.17, 15) is 4.79 Å². The SMILES string of the molecule is CC(C)c1ccc(NC(=O)CSC(=Nc2ccccc2)N(C)C2CCCCC2)cc1. The maximum Gasteiger partial charge on any atom is 0.234 e. The second kappa shape index (κ2) is 11.2. The van der Waals surface area contributed by atoms with E-state index in [0.29, 0.717) is 17.7 Å². The summed E-state index contributed by atoms with van der Waals surface area (Å²) < 4.78 is 0. The summed E-state index contributed by atoms with van der Waals surface area (Å²) in [4.78, 5) is 19.7. The van der Waals surface area contributed by atoms with Crippen LogP contribution in [0.2, 0.25) is 0 Å². The molecular weight excluding hydrogens is 390 g/mol. The van der Waals surface area contributed by atoms with Crippen molar-refractivity contribution in [2.45, 2.75) is 57.9 Å². The summed E-state index contributed by atoms with van der Waals surface area (Å²) in [5.41, 5.74) is 3.04. The van der Waals surface area contributed by atoms with E-state index in [1.165, 1.54) is 49.4 Å². The van der Waals surface area contributed by atoms with Crippen LogP contribution in [0, 0.1) is 0 Å². The molecule has 0 saturated heterocycles. The number of hydrogen-bond acceptors (Lipinski definition) is 3. The number of carbonyl (C=O) groups excluding carboxylic acids is 1. The molecule has 2 aromatic carbocycles. The highest BCUT2D eigenvalue weighted by molar-refractivity contribution is 8.14. The number of hydrogen-bond donors (Lipinski definition) is 1. The van der Waals surface area contributed by atoms with E-state index in [-0.39, 0.29) is 5.91 Å². The fraction of sp³-hybridized carbons (Fsp3) is 0.440. The minimum absolute atomic E-state index is 0.00453. The molecule has 160 valence electrons. The maximum atomic E-state index is 12.6. The molecule has 1 amide bonds. The smallest absolute Gasteiger partial charge is 0.234 e. The van der Waals surface area contributed by atoms with Crippen molar-refractivity contribution in [1.82, 2.24) is 4.90 Å². The van der Waals surface area contributed by atoms with Crippen molar-refractivity contribution < 1.29 is 4.79 Å². The highest BCUT2D eigenvalue weighted by Gasteiger charge is 2.22. The molecule has 1 fully saturated rings. The van der Waals surface area contributed by atoms with Crippen LogP contribution in [0.4, 0.5) is 11.4 Å². The zero-order valence-electron chi connectivity index (χ0n) is 18.3. The molecule has 5 heteroatoms. The second-order valence-corrected chi connectivity index (χ2v) is 9.19. The van der Waals surface area contributed by atoms with E-state index in [1.54, 1.807) is 0 Å². The number of amides is 1. The molecule has 2 aromatic rings. The third kappa shape index (κ3) is 6.63. The summed E-state index contributed by atoms with van der Waals surface area (Å²) in [5, 5.41) is 3.93. The first-order chi connectivity index (χ1) is 14.5. The van der Waals surface area contributed by atoms with Gasteiger partial charge in [0.25, 0.3) is 0 Å². The molecule has 0 bridgehead atoms. The van der Waals surface area contributed by atoms with Crippen molar-refractivity contribution in [2.75, 3.05) is 18.1 Å². The first-order valence-corrected chi connectivity index (χ1v) is 11.9. The van der Waals surface area contributed by atoms with Gasteiger partial charge in [-0.05, 0) is 48.6 Å². The normalized spacial score (nSPS) is 15.3. The molecule has 0 spiro atoms. The monoisotopic (exact) mass is 423 g/mol. The summed E-state index contributed by atoms with van der Waals surface area (Å²) in [5.74, 6) is 0.821. The quantitative estimate of drug-likeness (QED) is 0.430. The lowest BCUT2D eigenvalue weighted by atomic mass is 9.95. The molecule has 4 nitrogen and oxygen atoms in total. The Balaban J connectivity index is 1.65. The standard InChI is InChI=1S/C25H33N3OS/c1-19(2)20-14-16-22(17-15-20)26-24(29)18-30-25(27-21-10-6-4-7-11-21)28(3)23-12-8-5-9-13-23/h4,6-7,10-11,14-17,19,23H,5,8-9,12-13,18H2,1-3H3,(H,26,29). The molecule has 1 aliphatic carbocycles. The lowest BCUT2D eigenvalue weighted by Gasteiger charge is -2.33. The number of benzene rings is 2. The lowest BCUT2D eigenvalue weighted by molar-refractivity contribution is -0.113. The Morgan fingerprint density at radius 1 is 1.07 bits per heavy atom. The summed E-state index contributed by atoms with van der Waals surface area (Å²) >= 11 is 1.52. The van der Waals surface area contributed by atoms with Crippen LogP contribution in [0.5, 0.6) is 0 Å². The van der Waals surface area contributed by atoms with Gasteiger partial charge in [0.15, 0.2) is 5.17 Å². The van der Waals surface area contributed by atoms with Crippen LogP contribution in [0.1, 0.15) is 57.4 Å². The highest BCUT2D eigenvalue weighted by Crippen LogP contribution is 2.26. The van der Waals surface area contributed by atoms with Gasteiger partial charge in [-0.2, -0.15) is 0 Å². The van der Waals surface area contributed by atoms with Gasteiger partial charge in [-0.15, -0.1) is 0 Å². The zero-order chi connectivity index (χ0) is 21.3. The molecule has 1 aliphatic rings. The predicted molar refractivity (Wildman–Crippen MR) is 130 cm³/mol. The summed E-state index contributed by atoms with van der Waals surface area (Å²) in [6.45, 7) is 4.33. The molecular formula is C25H33N3OS. The molecule has 3 rings (SSSR count). The van der Waals surface area contributed by atoms with Crippen LogP contribution in [0.15, 0.2) is 59.6 Å². The number of para-hydroxylation sites is 1. The molecule has 0 aliphatic heterocycles. The Hall–Kier alpha value is -2.27. The van der Waals surface area contributed by atoms with E-state index in [2.05, 4.69) is 43.2 Å². The lowest BCUT2D eigenvalue weighted by Crippen LogP contribution is -2.37. The summed E-state index contributed by atoms with van der Waals surface area (Å²) in [7, 11) is 2.12. The van der Waals surface area contributed by atoms with Crippen molar-refractivity contribution in [3.8, 4) is 0 Å². The molecule has 0 heterocycles. The Kier molecular flexibility index (Phi) is 8.38. The maximum absolute atomic E-state index is 12.6. The fourth-order valence-corrected chi connectivity index (χ4v) is 4.58. The zero-order valence-corrected chi connectivity index (χ0v) is 19.1. The van der Waals surface area contributed by atoms with E-state index >= 15 is 0 Å². The van der Waals surface area contributed by atoms with Crippen molar-refractivity contribution in [3.05, 3.63) is 60.2 Å². The predicted octanol–water partition coefficient (Wildman–Crippen LogP) is 6.43. The van der Waals surface area contributed by atoms with Crippen LogP contribution in [-0.4, -0.2) is 34.8 Å². The molecule has 30 heavy (non-hydrogen) atoms. The minimum atomic E-state index is -0.00453. The van der Waals surface area contributed by atoms with Gasteiger partial charge in [0, 0.05) is 18.8 Å². The molecule has 0 atom stereocenters. The van der Waals surface area contributed by atoms with Gasteiger partial charge < -0.3 is 10.2 Å². The van der Waals surface area contributed by atoms with Crippen LogP contribution < -0.4 is 5.32 Å². The van der Waals surface area contributed by atoms with E-state index in [1.807, 2.05) is 42.5 Å². The number of rotatable bonds is 6.